The molecule has 0 aromatic heterocycles. The van der Waals surface area contributed by atoms with Gasteiger partial charge in [0.2, 0.25) is 0 Å². The van der Waals surface area contributed by atoms with E-state index in [1.807, 2.05) is 37.3 Å². The number of benzene rings is 1. The van der Waals surface area contributed by atoms with Gasteiger partial charge in [0.15, 0.2) is 0 Å². The van der Waals surface area contributed by atoms with Crippen molar-refractivity contribution >= 4 is 6.09 Å². The SMILES string of the molecule is CC1(C#N)CCCN(C(=O)OCc2ccccc2)CC1. The van der Waals surface area contributed by atoms with E-state index in [2.05, 4.69) is 6.07 Å². The summed E-state index contributed by atoms with van der Waals surface area (Å²) in [6.07, 6.45) is 2.12. The van der Waals surface area contributed by atoms with Crippen molar-refractivity contribution in [2.45, 2.75) is 32.8 Å². The Morgan fingerprint density at radius 2 is 2.10 bits per heavy atom. The highest BCUT2D eigenvalue weighted by atomic mass is 16.6. The Morgan fingerprint density at radius 1 is 1.35 bits per heavy atom. The molecule has 4 nitrogen and oxygen atoms in total. The Kier molecular flexibility index (Phi) is 4.62. The summed E-state index contributed by atoms with van der Waals surface area (Å²) >= 11 is 0. The van der Waals surface area contributed by atoms with E-state index >= 15 is 0 Å². The van der Waals surface area contributed by atoms with Gasteiger partial charge in [-0.05, 0) is 31.7 Å². The third-order valence-corrected chi connectivity index (χ3v) is 3.82. The molecule has 0 spiro atoms. The van der Waals surface area contributed by atoms with Crippen LogP contribution < -0.4 is 0 Å². The molecule has 1 aromatic carbocycles. The zero-order valence-electron chi connectivity index (χ0n) is 11.8. The molecule has 1 aliphatic rings. The van der Waals surface area contributed by atoms with Crippen LogP contribution in [-0.2, 0) is 11.3 Å². The first-order valence-corrected chi connectivity index (χ1v) is 7.00. The molecule has 0 aliphatic carbocycles. The van der Waals surface area contributed by atoms with Crippen molar-refractivity contribution in [3.8, 4) is 6.07 Å². The lowest BCUT2D eigenvalue weighted by atomic mass is 9.85. The lowest BCUT2D eigenvalue weighted by Crippen LogP contribution is -2.32. The molecule has 1 saturated heterocycles. The molecule has 1 aliphatic heterocycles. The van der Waals surface area contributed by atoms with Gasteiger partial charge in [-0.1, -0.05) is 30.3 Å². The number of nitrogens with zero attached hydrogens (tertiary/aromatic N) is 2. The largest absolute Gasteiger partial charge is 0.445 e. The van der Waals surface area contributed by atoms with Crippen LogP contribution in [0.15, 0.2) is 30.3 Å². The van der Waals surface area contributed by atoms with E-state index in [4.69, 9.17) is 10.00 Å². The Labute approximate surface area is 120 Å². The Morgan fingerprint density at radius 3 is 2.80 bits per heavy atom. The minimum Gasteiger partial charge on any atom is -0.445 e. The molecule has 1 heterocycles. The number of carbonyl (C=O) groups excluding carboxylic acids is 1. The number of carbonyl (C=O) groups is 1. The van der Waals surface area contributed by atoms with Crippen LogP contribution in [0.4, 0.5) is 4.79 Å². The normalized spacial score (nSPS) is 22.7. The monoisotopic (exact) mass is 272 g/mol. The van der Waals surface area contributed by atoms with Gasteiger partial charge in [-0.25, -0.2) is 4.79 Å². The van der Waals surface area contributed by atoms with Crippen molar-refractivity contribution in [2.24, 2.45) is 5.41 Å². The average molecular weight is 272 g/mol. The van der Waals surface area contributed by atoms with E-state index in [1.54, 1.807) is 4.90 Å². The number of likely N-dealkylation sites (tertiary alicyclic amines) is 1. The fraction of sp³-hybridized carbons (Fsp3) is 0.500. The molecule has 0 saturated carbocycles. The molecule has 1 fully saturated rings. The molecule has 1 aromatic rings. The van der Waals surface area contributed by atoms with Crippen molar-refractivity contribution in [3.63, 3.8) is 0 Å². The standard InChI is InChI=1S/C16H20N2O2/c1-16(13-17)8-5-10-18(11-9-16)15(19)20-12-14-6-3-2-4-7-14/h2-4,6-7H,5,8-12H2,1H3. The first-order valence-electron chi connectivity index (χ1n) is 7.00. The first kappa shape index (κ1) is 14.4. The summed E-state index contributed by atoms with van der Waals surface area (Å²) in [5.74, 6) is 0. The van der Waals surface area contributed by atoms with Gasteiger partial charge >= 0.3 is 6.09 Å². The highest BCUT2D eigenvalue weighted by Gasteiger charge is 2.29. The van der Waals surface area contributed by atoms with Crippen LogP contribution in [0.3, 0.4) is 0 Å². The summed E-state index contributed by atoms with van der Waals surface area (Å²) in [5.41, 5.74) is 0.673. The molecule has 0 radical (unpaired) electrons. The molecule has 1 unspecified atom stereocenters. The van der Waals surface area contributed by atoms with E-state index < -0.39 is 0 Å². The second-order valence-electron chi connectivity index (χ2n) is 5.55. The zero-order valence-corrected chi connectivity index (χ0v) is 11.8. The van der Waals surface area contributed by atoms with Crippen molar-refractivity contribution in [1.82, 2.24) is 4.90 Å². The second-order valence-corrected chi connectivity index (χ2v) is 5.55. The first-order chi connectivity index (χ1) is 9.63. The summed E-state index contributed by atoms with van der Waals surface area (Å²) in [5, 5.41) is 9.17. The Bertz CT molecular complexity index is 495. The van der Waals surface area contributed by atoms with Crippen LogP contribution in [0.1, 0.15) is 31.7 Å². The predicted molar refractivity (Wildman–Crippen MR) is 75.8 cm³/mol. The molecule has 0 bridgehead atoms. The number of nitriles is 1. The van der Waals surface area contributed by atoms with E-state index in [0.717, 1.165) is 18.4 Å². The summed E-state index contributed by atoms with van der Waals surface area (Å²) in [7, 11) is 0. The lowest BCUT2D eigenvalue weighted by Gasteiger charge is -2.21. The molecular weight excluding hydrogens is 252 g/mol. The molecule has 0 N–H and O–H groups in total. The number of rotatable bonds is 2. The third-order valence-electron chi connectivity index (χ3n) is 3.82. The van der Waals surface area contributed by atoms with Crippen molar-refractivity contribution < 1.29 is 9.53 Å². The van der Waals surface area contributed by atoms with Gasteiger partial charge in [-0.15, -0.1) is 0 Å². The molecular formula is C16H20N2O2. The van der Waals surface area contributed by atoms with Crippen LogP contribution in [-0.4, -0.2) is 24.1 Å². The van der Waals surface area contributed by atoms with Crippen molar-refractivity contribution in [3.05, 3.63) is 35.9 Å². The number of amides is 1. The molecule has 1 amide bonds. The summed E-state index contributed by atoms with van der Waals surface area (Å²) < 4.78 is 5.33. The highest BCUT2D eigenvalue weighted by Crippen LogP contribution is 2.29. The van der Waals surface area contributed by atoms with Gasteiger partial charge in [-0.2, -0.15) is 5.26 Å². The second kappa shape index (κ2) is 6.42. The predicted octanol–water partition coefficient (Wildman–Crippen LogP) is 3.34. The molecule has 20 heavy (non-hydrogen) atoms. The zero-order chi connectivity index (χ0) is 14.4. The molecule has 4 heteroatoms. The minimum absolute atomic E-state index is 0.281. The van der Waals surface area contributed by atoms with Gasteiger partial charge in [0.1, 0.15) is 6.61 Å². The fourth-order valence-electron chi connectivity index (χ4n) is 2.38. The van der Waals surface area contributed by atoms with Gasteiger partial charge < -0.3 is 9.64 Å². The fourth-order valence-corrected chi connectivity index (χ4v) is 2.38. The van der Waals surface area contributed by atoms with Crippen molar-refractivity contribution in [2.75, 3.05) is 13.1 Å². The van der Waals surface area contributed by atoms with Gasteiger partial charge in [0, 0.05) is 13.1 Å². The van der Waals surface area contributed by atoms with Crippen molar-refractivity contribution in [1.29, 1.82) is 5.26 Å². The lowest BCUT2D eigenvalue weighted by molar-refractivity contribution is 0.0968. The van der Waals surface area contributed by atoms with E-state index in [9.17, 15) is 4.79 Å². The van der Waals surface area contributed by atoms with E-state index in [1.165, 1.54) is 0 Å². The number of hydrogen-bond acceptors (Lipinski definition) is 3. The topological polar surface area (TPSA) is 53.3 Å². The smallest absolute Gasteiger partial charge is 0.410 e. The van der Waals surface area contributed by atoms with Crippen LogP contribution in [0.2, 0.25) is 0 Å². The third kappa shape index (κ3) is 3.74. The molecule has 1 atom stereocenters. The van der Waals surface area contributed by atoms with Crippen LogP contribution >= 0.6 is 0 Å². The number of hydrogen-bond donors (Lipinski definition) is 0. The van der Waals surface area contributed by atoms with E-state index in [-0.39, 0.29) is 11.5 Å². The average Bonchev–Trinajstić information content (AvgIpc) is 2.69. The van der Waals surface area contributed by atoms with Crippen LogP contribution in [0.5, 0.6) is 0 Å². The molecule has 2 rings (SSSR count). The van der Waals surface area contributed by atoms with Gasteiger partial charge in [-0.3, -0.25) is 0 Å². The highest BCUT2D eigenvalue weighted by molar-refractivity contribution is 5.67. The Balaban J connectivity index is 1.86. The maximum Gasteiger partial charge on any atom is 0.410 e. The maximum atomic E-state index is 12.0. The van der Waals surface area contributed by atoms with Gasteiger partial charge in [0.25, 0.3) is 0 Å². The van der Waals surface area contributed by atoms with Gasteiger partial charge in [0.05, 0.1) is 11.5 Å². The number of ether oxygens (including phenoxy) is 1. The summed E-state index contributed by atoms with van der Waals surface area (Å²) in [6.45, 7) is 3.53. The quantitative estimate of drug-likeness (QED) is 0.829. The minimum atomic E-state index is -0.311. The maximum absolute atomic E-state index is 12.0. The van der Waals surface area contributed by atoms with E-state index in [0.29, 0.717) is 26.1 Å². The molecule has 106 valence electrons. The van der Waals surface area contributed by atoms with Crippen LogP contribution in [0.25, 0.3) is 0 Å². The Hall–Kier alpha value is -2.02. The summed E-state index contributed by atoms with van der Waals surface area (Å²) in [6, 6.07) is 12.0. The summed E-state index contributed by atoms with van der Waals surface area (Å²) in [4.78, 5) is 13.8. The van der Waals surface area contributed by atoms with Crippen LogP contribution in [0, 0.1) is 16.7 Å².